The summed E-state index contributed by atoms with van der Waals surface area (Å²) >= 11 is 9.29. The molecule has 0 amide bonds. The van der Waals surface area contributed by atoms with Crippen LogP contribution < -0.4 is 0 Å². The lowest BCUT2D eigenvalue weighted by molar-refractivity contribution is 0.626. The van der Waals surface area contributed by atoms with Gasteiger partial charge < -0.3 is 0 Å². The van der Waals surface area contributed by atoms with Crippen molar-refractivity contribution in [1.29, 1.82) is 0 Å². The van der Waals surface area contributed by atoms with E-state index >= 15 is 0 Å². The summed E-state index contributed by atoms with van der Waals surface area (Å²) < 4.78 is 16.4. The molecule has 0 N–H and O–H groups in total. The SMILES string of the molecule is Fc1cccc(-n2c(CCCl)nc3cc(Br)ccc32)c1. The van der Waals surface area contributed by atoms with Crippen LogP contribution in [-0.2, 0) is 6.42 Å². The molecule has 20 heavy (non-hydrogen) atoms. The molecule has 0 spiro atoms. The number of rotatable bonds is 3. The van der Waals surface area contributed by atoms with E-state index in [0.717, 1.165) is 27.0 Å². The van der Waals surface area contributed by atoms with Crippen molar-refractivity contribution in [3.05, 3.63) is 58.6 Å². The van der Waals surface area contributed by atoms with Crippen LogP contribution in [0.25, 0.3) is 16.7 Å². The summed E-state index contributed by atoms with van der Waals surface area (Å²) in [7, 11) is 0. The van der Waals surface area contributed by atoms with Crippen LogP contribution in [0.4, 0.5) is 4.39 Å². The maximum absolute atomic E-state index is 13.5. The summed E-state index contributed by atoms with van der Waals surface area (Å²) in [4.78, 5) is 4.60. The Morgan fingerprint density at radius 2 is 2.05 bits per heavy atom. The first-order chi connectivity index (χ1) is 9.69. The average Bonchev–Trinajstić information content (AvgIpc) is 2.76. The molecule has 0 aliphatic heterocycles. The van der Waals surface area contributed by atoms with E-state index in [9.17, 15) is 4.39 Å². The van der Waals surface area contributed by atoms with Crippen LogP contribution in [0.5, 0.6) is 0 Å². The molecule has 3 rings (SSSR count). The summed E-state index contributed by atoms with van der Waals surface area (Å²) in [6.45, 7) is 0. The average molecular weight is 354 g/mol. The number of aryl methyl sites for hydroxylation is 1. The summed E-state index contributed by atoms with van der Waals surface area (Å²) in [6, 6.07) is 12.4. The highest BCUT2D eigenvalue weighted by Gasteiger charge is 2.12. The van der Waals surface area contributed by atoms with Crippen molar-refractivity contribution in [2.45, 2.75) is 6.42 Å². The van der Waals surface area contributed by atoms with Crippen LogP contribution in [0.15, 0.2) is 46.9 Å². The largest absolute Gasteiger partial charge is 0.296 e. The standard InChI is InChI=1S/C15H11BrClFN2/c16-10-4-5-14-13(8-10)19-15(6-7-17)20(14)12-3-1-2-11(18)9-12/h1-5,8-9H,6-7H2. The van der Waals surface area contributed by atoms with Crippen LogP contribution in [0.2, 0.25) is 0 Å². The lowest BCUT2D eigenvalue weighted by Crippen LogP contribution is -2.02. The molecule has 0 saturated carbocycles. The molecule has 2 aromatic carbocycles. The second kappa shape index (κ2) is 5.54. The molecule has 0 atom stereocenters. The van der Waals surface area contributed by atoms with Crippen molar-refractivity contribution < 1.29 is 4.39 Å². The van der Waals surface area contributed by atoms with Gasteiger partial charge in [0.1, 0.15) is 11.6 Å². The molecule has 102 valence electrons. The number of imidazole rings is 1. The Morgan fingerprint density at radius 1 is 1.20 bits per heavy atom. The van der Waals surface area contributed by atoms with Gasteiger partial charge >= 0.3 is 0 Å². The lowest BCUT2D eigenvalue weighted by Gasteiger charge is -2.08. The van der Waals surface area contributed by atoms with Crippen molar-refractivity contribution in [1.82, 2.24) is 9.55 Å². The third kappa shape index (κ3) is 2.45. The second-order valence-corrected chi connectivity index (χ2v) is 5.71. The summed E-state index contributed by atoms with van der Waals surface area (Å²) in [5.41, 5.74) is 2.57. The number of hydrogen-bond donors (Lipinski definition) is 0. The van der Waals surface area contributed by atoms with Crippen LogP contribution in [-0.4, -0.2) is 15.4 Å². The Labute approximate surface area is 129 Å². The number of alkyl halides is 1. The molecule has 1 aromatic heterocycles. The zero-order valence-corrected chi connectivity index (χ0v) is 12.8. The number of nitrogens with zero attached hydrogens (tertiary/aromatic N) is 2. The first-order valence-corrected chi connectivity index (χ1v) is 7.50. The van der Waals surface area contributed by atoms with E-state index in [1.54, 1.807) is 6.07 Å². The predicted molar refractivity (Wildman–Crippen MR) is 83.2 cm³/mol. The molecule has 3 aromatic rings. The van der Waals surface area contributed by atoms with Crippen molar-refractivity contribution in [3.8, 4) is 5.69 Å². The zero-order chi connectivity index (χ0) is 14.1. The molecule has 0 unspecified atom stereocenters. The van der Waals surface area contributed by atoms with Crippen molar-refractivity contribution in [3.63, 3.8) is 0 Å². The predicted octanol–water partition coefficient (Wildman–Crippen LogP) is 4.71. The normalized spacial score (nSPS) is 11.2. The topological polar surface area (TPSA) is 17.8 Å². The van der Waals surface area contributed by atoms with E-state index in [0.29, 0.717) is 12.3 Å². The van der Waals surface area contributed by atoms with Crippen molar-refractivity contribution in [2.75, 3.05) is 5.88 Å². The van der Waals surface area contributed by atoms with Gasteiger partial charge in [-0.25, -0.2) is 9.37 Å². The monoisotopic (exact) mass is 352 g/mol. The van der Waals surface area contributed by atoms with Gasteiger partial charge in [0.15, 0.2) is 0 Å². The van der Waals surface area contributed by atoms with Crippen LogP contribution in [0.1, 0.15) is 5.82 Å². The minimum Gasteiger partial charge on any atom is -0.296 e. The third-order valence-corrected chi connectivity index (χ3v) is 3.75. The maximum atomic E-state index is 13.5. The number of benzene rings is 2. The number of fused-ring (bicyclic) bond motifs is 1. The van der Waals surface area contributed by atoms with E-state index in [1.807, 2.05) is 28.8 Å². The summed E-state index contributed by atoms with van der Waals surface area (Å²) in [5, 5.41) is 0. The van der Waals surface area contributed by atoms with Gasteiger partial charge in [-0.2, -0.15) is 0 Å². The minimum atomic E-state index is -0.265. The fourth-order valence-electron chi connectivity index (χ4n) is 2.26. The molecular weight excluding hydrogens is 343 g/mol. The van der Waals surface area contributed by atoms with Gasteiger partial charge in [0, 0.05) is 16.8 Å². The van der Waals surface area contributed by atoms with Crippen LogP contribution >= 0.6 is 27.5 Å². The molecule has 0 saturated heterocycles. The molecule has 0 bridgehead atoms. The van der Waals surface area contributed by atoms with Crippen LogP contribution in [0, 0.1) is 5.82 Å². The third-order valence-electron chi connectivity index (χ3n) is 3.07. The summed E-state index contributed by atoms with van der Waals surface area (Å²) in [6.07, 6.45) is 0.629. The fourth-order valence-corrected chi connectivity index (χ4v) is 2.78. The van der Waals surface area contributed by atoms with Crippen molar-refractivity contribution in [2.24, 2.45) is 0 Å². The van der Waals surface area contributed by atoms with Gasteiger partial charge in [0.25, 0.3) is 0 Å². The van der Waals surface area contributed by atoms with E-state index in [4.69, 9.17) is 11.6 Å². The molecule has 0 aliphatic rings. The maximum Gasteiger partial charge on any atom is 0.125 e. The molecule has 2 nitrogen and oxygen atoms in total. The molecular formula is C15H11BrClFN2. The first-order valence-electron chi connectivity index (χ1n) is 6.18. The van der Waals surface area contributed by atoms with Gasteiger partial charge in [0.05, 0.1) is 16.7 Å². The van der Waals surface area contributed by atoms with Gasteiger partial charge in [-0.05, 0) is 36.4 Å². The fraction of sp³-hybridized carbons (Fsp3) is 0.133. The lowest BCUT2D eigenvalue weighted by atomic mass is 10.2. The molecule has 0 radical (unpaired) electrons. The van der Waals surface area contributed by atoms with Crippen LogP contribution in [0.3, 0.4) is 0 Å². The van der Waals surface area contributed by atoms with Crippen molar-refractivity contribution >= 4 is 38.6 Å². The zero-order valence-electron chi connectivity index (χ0n) is 10.5. The highest BCUT2D eigenvalue weighted by Crippen LogP contribution is 2.25. The van der Waals surface area contributed by atoms with Gasteiger partial charge in [0.2, 0.25) is 0 Å². The quantitative estimate of drug-likeness (QED) is 0.624. The molecule has 1 heterocycles. The smallest absolute Gasteiger partial charge is 0.125 e. The van der Waals surface area contributed by atoms with E-state index in [2.05, 4.69) is 20.9 Å². The number of aromatic nitrogens is 2. The molecule has 5 heteroatoms. The Bertz CT molecular complexity index is 770. The highest BCUT2D eigenvalue weighted by molar-refractivity contribution is 9.10. The van der Waals surface area contributed by atoms with Gasteiger partial charge in [-0.3, -0.25) is 4.57 Å². The number of hydrogen-bond acceptors (Lipinski definition) is 1. The minimum absolute atomic E-state index is 0.265. The number of halogens is 3. The summed E-state index contributed by atoms with van der Waals surface area (Å²) in [5.74, 6) is 1.04. The van der Waals surface area contributed by atoms with Gasteiger partial charge in [-0.15, -0.1) is 11.6 Å². The Kier molecular flexibility index (Phi) is 3.76. The molecule has 0 aliphatic carbocycles. The second-order valence-electron chi connectivity index (χ2n) is 4.42. The Hall–Kier alpha value is -1.39. The Morgan fingerprint density at radius 3 is 2.80 bits per heavy atom. The van der Waals surface area contributed by atoms with Gasteiger partial charge in [-0.1, -0.05) is 22.0 Å². The van der Waals surface area contributed by atoms with E-state index in [-0.39, 0.29) is 5.82 Å². The molecule has 0 fully saturated rings. The first kappa shape index (κ1) is 13.6. The Balaban J connectivity index is 2.28. The van der Waals surface area contributed by atoms with E-state index in [1.165, 1.54) is 12.1 Å². The highest BCUT2D eigenvalue weighted by atomic mass is 79.9. The van der Waals surface area contributed by atoms with E-state index < -0.39 is 0 Å².